The van der Waals surface area contributed by atoms with Crippen LogP contribution in [0.2, 0.25) is 0 Å². The summed E-state index contributed by atoms with van der Waals surface area (Å²) < 4.78 is 0. The SMILES string of the molecule is Cc1cc(N(C)c2cccnc2)c(C(N)=S)c(C)n1. The van der Waals surface area contributed by atoms with Gasteiger partial charge in [-0.05, 0) is 32.0 Å². The molecule has 98 valence electrons. The van der Waals surface area contributed by atoms with Crippen molar-refractivity contribution in [3.8, 4) is 0 Å². The third-order valence-electron chi connectivity index (χ3n) is 2.95. The summed E-state index contributed by atoms with van der Waals surface area (Å²) >= 11 is 5.15. The number of anilines is 2. The number of nitrogens with two attached hydrogens (primary N) is 1. The van der Waals surface area contributed by atoms with Crippen LogP contribution in [0.3, 0.4) is 0 Å². The van der Waals surface area contributed by atoms with Gasteiger partial charge in [-0.1, -0.05) is 12.2 Å². The summed E-state index contributed by atoms with van der Waals surface area (Å²) in [6, 6.07) is 5.86. The molecule has 0 saturated heterocycles. The Morgan fingerprint density at radius 2 is 2.11 bits per heavy atom. The summed E-state index contributed by atoms with van der Waals surface area (Å²) in [5.74, 6) is 0. The van der Waals surface area contributed by atoms with E-state index in [-0.39, 0.29) is 0 Å². The lowest BCUT2D eigenvalue weighted by Crippen LogP contribution is -2.20. The molecule has 0 atom stereocenters. The first kappa shape index (κ1) is 13.4. The van der Waals surface area contributed by atoms with Crippen LogP contribution in [0.25, 0.3) is 0 Å². The highest BCUT2D eigenvalue weighted by Crippen LogP contribution is 2.28. The zero-order valence-electron chi connectivity index (χ0n) is 11.2. The van der Waals surface area contributed by atoms with E-state index in [0.717, 1.165) is 28.3 Å². The van der Waals surface area contributed by atoms with Gasteiger partial charge in [0.2, 0.25) is 0 Å². The zero-order valence-corrected chi connectivity index (χ0v) is 12.0. The van der Waals surface area contributed by atoms with Crippen molar-refractivity contribution in [2.75, 3.05) is 11.9 Å². The Morgan fingerprint density at radius 1 is 1.37 bits per heavy atom. The van der Waals surface area contributed by atoms with Gasteiger partial charge in [-0.15, -0.1) is 0 Å². The fraction of sp³-hybridized carbons (Fsp3) is 0.214. The van der Waals surface area contributed by atoms with Gasteiger partial charge in [0.25, 0.3) is 0 Å². The quantitative estimate of drug-likeness (QED) is 0.870. The highest BCUT2D eigenvalue weighted by atomic mass is 32.1. The Labute approximate surface area is 118 Å². The van der Waals surface area contributed by atoms with E-state index >= 15 is 0 Å². The standard InChI is InChI=1S/C14H16N4S/c1-9-7-12(13(14(15)19)10(2)17-9)18(3)11-5-4-6-16-8-11/h4-8H,1-3H3,(H2,15,19). The smallest absolute Gasteiger partial charge is 0.107 e. The molecule has 0 unspecified atom stereocenters. The number of nitrogens with zero attached hydrogens (tertiary/aromatic N) is 3. The molecular weight excluding hydrogens is 256 g/mol. The first-order chi connectivity index (χ1) is 9.00. The van der Waals surface area contributed by atoms with Gasteiger partial charge in [-0.3, -0.25) is 9.97 Å². The van der Waals surface area contributed by atoms with E-state index in [9.17, 15) is 0 Å². The van der Waals surface area contributed by atoms with Gasteiger partial charge in [-0.2, -0.15) is 0 Å². The van der Waals surface area contributed by atoms with Crippen LogP contribution in [0.15, 0.2) is 30.6 Å². The molecule has 0 amide bonds. The number of aryl methyl sites for hydroxylation is 2. The summed E-state index contributed by atoms with van der Waals surface area (Å²) in [5.41, 5.74) is 10.3. The minimum atomic E-state index is 0.357. The molecule has 0 radical (unpaired) electrons. The molecule has 2 aromatic rings. The van der Waals surface area contributed by atoms with Crippen molar-refractivity contribution in [1.29, 1.82) is 0 Å². The molecule has 0 aromatic carbocycles. The van der Waals surface area contributed by atoms with Crippen LogP contribution >= 0.6 is 12.2 Å². The molecule has 0 aliphatic heterocycles. The highest BCUT2D eigenvalue weighted by Gasteiger charge is 2.15. The van der Waals surface area contributed by atoms with E-state index in [1.165, 1.54) is 0 Å². The Balaban J connectivity index is 2.58. The fourth-order valence-electron chi connectivity index (χ4n) is 2.07. The van der Waals surface area contributed by atoms with E-state index in [4.69, 9.17) is 18.0 Å². The second-order valence-corrected chi connectivity index (χ2v) is 4.82. The average Bonchev–Trinajstić information content (AvgIpc) is 2.37. The third-order valence-corrected chi connectivity index (χ3v) is 3.15. The maximum absolute atomic E-state index is 5.83. The fourth-order valence-corrected chi connectivity index (χ4v) is 2.32. The monoisotopic (exact) mass is 272 g/mol. The molecule has 0 spiro atoms. The van der Waals surface area contributed by atoms with Crippen molar-refractivity contribution >= 4 is 28.6 Å². The average molecular weight is 272 g/mol. The molecule has 2 rings (SSSR count). The lowest BCUT2D eigenvalue weighted by atomic mass is 10.1. The predicted octanol–water partition coefficient (Wildman–Crippen LogP) is 2.50. The van der Waals surface area contributed by atoms with Gasteiger partial charge in [0.15, 0.2) is 0 Å². The van der Waals surface area contributed by atoms with Crippen molar-refractivity contribution in [2.24, 2.45) is 5.73 Å². The molecule has 0 bridgehead atoms. The highest BCUT2D eigenvalue weighted by molar-refractivity contribution is 7.80. The Hall–Kier alpha value is -2.01. The third kappa shape index (κ3) is 2.71. The molecule has 0 fully saturated rings. The first-order valence-electron chi connectivity index (χ1n) is 5.92. The molecule has 19 heavy (non-hydrogen) atoms. The molecule has 2 N–H and O–H groups in total. The normalized spacial score (nSPS) is 10.3. The van der Waals surface area contributed by atoms with Crippen molar-refractivity contribution in [3.05, 3.63) is 47.5 Å². The molecule has 2 aromatic heterocycles. The van der Waals surface area contributed by atoms with Gasteiger partial charge >= 0.3 is 0 Å². The summed E-state index contributed by atoms with van der Waals surface area (Å²) in [5, 5.41) is 0. The van der Waals surface area contributed by atoms with Crippen LogP contribution in [0.1, 0.15) is 17.0 Å². The maximum Gasteiger partial charge on any atom is 0.107 e. The Kier molecular flexibility index (Phi) is 3.76. The van der Waals surface area contributed by atoms with E-state index in [2.05, 4.69) is 9.97 Å². The first-order valence-corrected chi connectivity index (χ1v) is 6.33. The van der Waals surface area contributed by atoms with Crippen LogP contribution in [0, 0.1) is 13.8 Å². The molecular formula is C14H16N4S. The number of aromatic nitrogens is 2. The maximum atomic E-state index is 5.83. The van der Waals surface area contributed by atoms with Gasteiger partial charge in [0.1, 0.15) is 4.99 Å². The molecule has 4 nitrogen and oxygen atoms in total. The summed E-state index contributed by atoms with van der Waals surface area (Å²) in [7, 11) is 1.97. The largest absolute Gasteiger partial charge is 0.389 e. The van der Waals surface area contributed by atoms with Crippen LogP contribution in [0.5, 0.6) is 0 Å². The number of thiocarbonyl (C=S) groups is 1. The number of hydrogen-bond acceptors (Lipinski definition) is 4. The lowest BCUT2D eigenvalue weighted by molar-refractivity contribution is 1.08. The van der Waals surface area contributed by atoms with E-state index in [1.54, 1.807) is 12.4 Å². The minimum Gasteiger partial charge on any atom is -0.389 e. The van der Waals surface area contributed by atoms with Gasteiger partial charge in [0, 0.05) is 24.6 Å². The Bertz CT molecular complexity index is 610. The topological polar surface area (TPSA) is 55.0 Å². The van der Waals surface area contributed by atoms with Crippen molar-refractivity contribution < 1.29 is 0 Å². The van der Waals surface area contributed by atoms with Gasteiger partial charge < -0.3 is 10.6 Å². The number of pyridine rings is 2. The van der Waals surface area contributed by atoms with Crippen LogP contribution in [0.4, 0.5) is 11.4 Å². The molecule has 0 aliphatic carbocycles. The summed E-state index contributed by atoms with van der Waals surface area (Å²) in [6.07, 6.45) is 3.54. The zero-order chi connectivity index (χ0) is 14.0. The molecule has 5 heteroatoms. The van der Waals surface area contributed by atoms with Gasteiger partial charge in [0.05, 0.1) is 23.1 Å². The number of hydrogen-bond donors (Lipinski definition) is 1. The van der Waals surface area contributed by atoms with Crippen LogP contribution < -0.4 is 10.6 Å². The molecule has 2 heterocycles. The summed E-state index contributed by atoms with van der Waals surface area (Å²) in [6.45, 7) is 3.87. The van der Waals surface area contributed by atoms with Crippen LogP contribution in [-0.2, 0) is 0 Å². The van der Waals surface area contributed by atoms with E-state index < -0.39 is 0 Å². The van der Waals surface area contributed by atoms with Crippen molar-refractivity contribution in [3.63, 3.8) is 0 Å². The predicted molar refractivity (Wildman–Crippen MR) is 81.9 cm³/mol. The van der Waals surface area contributed by atoms with Gasteiger partial charge in [-0.25, -0.2) is 0 Å². The van der Waals surface area contributed by atoms with E-state index in [0.29, 0.717) is 4.99 Å². The van der Waals surface area contributed by atoms with Crippen LogP contribution in [-0.4, -0.2) is 22.0 Å². The van der Waals surface area contributed by atoms with E-state index in [1.807, 2.05) is 44.0 Å². The van der Waals surface area contributed by atoms with Crippen molar-refractivity contribution in [1.82, 2.24) is 9.97 Å². The molecule has 0 aliphatic rings. The number of rotatable bonds is 3. The minimum absolute atomic E-state index is 0.357. The Morgan fingerprint density at radius 3 is 2.68 bits per heavy atom. The van der Waals surface area contributed by atoms with Crippen molar-refractivity contribution in [2.45, 2.75) is 13.8 Å². The lowest BCUT2D eigenvalue weighted by Gasteiger charge is -2.23. The molecule has 0 saturated carbocycles. The second-order valence-electron chi connectivity index (χ2n) is 4.38. The summed E-state index contributed by atoms with van der Waals surface area (Å²) in [4.78, 5) is 10.9. The second kappa shape index (κ2) is 5.32.